The summed E-state index contributed by atoms with van der Waals surface area (Å²) in [5.74, 6) is -0.100. The second-order valence-electron chi connectivity index (χ2n) is 5.49. The van der Waals surface area contributed by atoms with Gasteiger partial charge in [-0.15, -0.1) is 0 Å². The van der Waals surface area contributed by atoms with Crippen molar-refractivity contribution >= 4 is 45.6 Å². The molecule has 0 radical (unpaired) electrons. The van der Waals surface area contributed by atoms with Gasteiger partial charge in [-0.05, 0) is 83.6 Å². The van der Waals surface area contributed by atoms with Gasteiger partial charge in [0.05, 0.1) is 0 Å². The number of aryl methyl sites for hydroxylation is 1. The van der Waals surface area contributed by atoms with Crippen LogP contribution < -0.4 is 10.6 Å². The molecule has 0 saturated heterocycles. The molecule has 0 bridgehead atoms. The molecule has 0 spiro atoms. The number of anilines is 3. The molecule has 3 rings (SSSR count). The lowest BCUT2D eigenvalue weighted by Crippen LogP contribution is -2.12. The molecule has 0 aromatic heterocycles. The minimum atomic E-state index is -0.100. The fraction of sp³-hybridized carbons (Fsp3) is 0.0500. The van der Waals surface area contributed by atoms with Gasteiger partial charge in [0.15, 0.2) is 0 Å². The van der Waals surface area contributed by atoms with Crippen LogP contribution in [0.4, 0.5) is 17.1 Å². The Labute approximate surface area is 155 Å². The summed E-state index contributed by atoms with van der Waals surface area (Å²) in [6.07, 6.45) is 0. The molecule has 0 fully saturated rings. The van der Waals surface area contributed by atoms with E-state index < -0.39 is 0 Å². The highest BCUT2D eigenvalue weighted by atomic mass is 127. The summed E-state index contributed by atoms with van der Waals surface area (Å²) in [6.45, 7) is 2.03. The first-order valence-corrected chi connectivity index (χ1v) is 8.69. The van der Waals surface area contributed by atoms with Crippen molar-refractivity contribution in [3.05, 3.63) is 87.5 Å². The molecule has 0 aliphatic carbocycles. The molecule has 24 heavy (non-hydrogen) atoms. The molecular weight excluding hydrogens is 411 g/mol. The standard InChI is InChI=1S/C20H17IN2O/c1-14-7-8-15(13-19(14)21)20(24)23-18-11-9-17(10-12-18)22-16-5-3-2-4-6-16/h2-13,22H,1H3,(H,23,24). The second-order valence-corrected chi connectivity index (χ2v) is 6.65. The zero-order valence-electron chi connectivity index (χ0n) is 13.2. The molecule has 4 heteroatoms. The number of nitrogens with one attached hydrogen (secondary N) is 2. The van der Waals surface area contributed by atoms with Gasteiger partial charge in [0.1, 0.15) is 0 Å². The number of halogens is 1. The first-order valence-electron chi connectivity index (χ1n) is 7.61. The predicted octanol–water partition coefficient (Wildman–Crippen LogP) is 5.60. The van der Waals surface area contributed by atoms with Crippen molar-refractivity contribution in [3.63, 3.8) is 0 Å². The third kappa shape index (κ3) is 4.14. The number of benzene rings is 3. The molecule has 2 N–H and O–H groups in total. The Kier molecular flexibility index (Phi) is 5.15. The zero-order valence-corrected chi connectivity index (χ0v) is 15.4. The van der Waals surface area contributed by atoms with E-state index in [0.717, 1.165) is 20.6 Å². The Balaban J connectivity index is 1.67. The zero-order chi connectivity index (χ0) is 16.9. The van der Waals surface area contributed by atoms with Crippen LogP contribution in [0.2, 0.25) is 0 Å². The molecule has 1 amide bonds. The molecule has 3 nitrogen and oxygen atoms in total. The fourth-order valence-electron chi connectivity index (χ4n) is 2.26. The highest BCUT2D eigenvalue weighted by molar-refractivity contribution is 14.1. The van der Waals surface area contributed by atoms with Crippen molar-refractivity contribution in [1.29, 1.82) is 0 Å². The average Bonchev–Trinajstić information content (AvgIpc) is 2.60. The Morgan fingerprint density at radius 3 is 2.12 bits per heavy atom. The molecule has 0 atom stereocenters. The Bertz CT molecular complexity index is 845. The van der Waals surface area contributed by atoms with Crippen LogP contribution in [-0.4, -0.2) is 5.91 Å². The molecule has 0 saturated carbocycles. The van der Waals surface area contributed by atoms with E-state index in [1.54, 1.807) is 0 Å². The first kappa shape index (κ1) is 16.5. The van der Waals surface area contributed by atoms with Crippen LogP contribution in [0.1, 0.15) is 15.9 Å². The number of para-hydroxylation sites is 1. The molecular formula is C20H17IN2O. The Morgan fingerprint density at radius 2 is 1.46 bits per heavy atom. The van der Waals surface area contributed by atoms with Crippen molar-refractivity contribution in [1.82, 2.24) is 0 Å². The van der Waals surface area contributed by atoms with Gasteiger partial charge in [-0.25, -0.2) is 0 Å². The third-order valence-electron chi connectivity index (χ3n) is 3.64. The van der Waals surface area contributed by atoms with Crippen LogP contribution in [0, 0.1) is 10.5 Å². The highest BCUT2D eigenvalue weighted by Crippen LogP contribution is 2.20. The van der Waals surface area contributed by atoms with E-state index in [4.69, 9.17) is 0 Å². The normalized spacial score (nSPS) is 10.2. The van der Waals surface area contributed by atoms with Gasteiger partial charge in [-0.2, -0.15) is 0 Å². The van der Waals surface area contributed by atoms with Crippen LogP contribution >= 0.6 is 22.6 Å². The van der Waals surface area contributed by atoms with Crippen molar-refractivity contribution in [2.75, 3.05) is 10.6 Å². The number of carbonyl (C=O) groups is 1. The van der Waals surface area contributed by atoms with Crippen LogP contribution in [0.5, 0.6) is 0 Å². The number of rotatable bonds is 4. The van der Waals surface area contributed by atoms with Crippen LogP contribution in [0.15, 0.2) is 72.8 Å². The van der Waals surface area contributed by atoms with Gasteiger partial charge in [0.25, 0.3) is 5.91 Å². The topological polar surface area (TPSA) is 41.1 Å². The van der Waals surface area contributed by atoms with Crippen LogP contribution in [0.25, 0.3) is 0 Å². The maximum atomic E-state index is 12.3. The van der Waals surface area contributed by atoms with Crippen LogP contribution in [-0.2, 0) is 0 Å². The summed E-state index contributed by atoms with van der Waals surface area (Å²) in [6, 6.07) is 23.4. The number of hydrogen-bond donors (Lipinski definition) is 2. The predicted molar refractivity (Wildman–Crippen MR) is 108 cm³/mol. The monoisotopic (exact) mass is 428 g/mol. The van der Waals surface area contributed by atoms with E-state index in [-0.39, 0.29) is 5.91 Å². The number of carbonyl (C=O) groups excluding carboxylic acids is 1. The van der Waals surface area contributed by atoms with Crippen molar-refractivity contribution in [2.45, 2.75) is 6.92 Å². The summed E-state index contributed by atoms with van der Waals surface area (Å²) in [5.41, 5.74) is 4.61. The van der Waals surface area contributed by atoms with Crippen molar-refractivity contribution in [3.8, 4) is 0 Å². The quantitative estimate of drug-likeness (QED) is 0.532. The van der Waals surface area contributed by atoms with E-state index in [1.165, 1.54) is 5.56 Å². The number of amides is 1. The Morgan fingerprint density at radius 1 is 0.833 bits per heavy atom. The third-order valence-corrected chi connectivity index (χ3v) is 4.80. The molecule has 0 aliphatic rings. The fourth-order valence-corrected chi connectivity index (χ4v) is 2.78. The summed E-state index contributed by atoms with van der Waals surface area (Å²) >= 11 is 2.24. The van der Waals surface area contributed by atoms with E-state index >= 15 is 0 Å². The molecule has 0 aliphatic heterocycles. The molecule has 120 valence electrons. The average molecular weight is 428 g/mol. The van der Waals surface area contributed by atoms with Gasteiger partial charge in [-0.3, -0.25) is 4.79 Å². The lowest BCUT2D eigenvalue weighted by atomic mass is 10.1. The van der Waals surface area contributed by atoms with E-state index in [0.29, 0.717) is 5.56 Å². The molecule has 0 unspecified atom stereocenters. The summed E-state index contributed by atoms with van der Waals surface area (Å²) in [4.78, 5) is 12.3. The van der Waals surface area contributed by atoms with Crippen LogP contribution in [0.3, 0.4) is 0 Å². The smallest absolute Gasteiger partial charge is 0.255 e. The van der Waals surface area contributed by atoms with E-state index in [1.807, 2.05) is 79.7 Å². The Hall–Kier alpha value is -2.34. The summed E-state index contributed by atoms with van der Waals surface area (Å²) < 4.78 is 1.09. The van der Waals surface area contributed by atoms with Gasteiger partial charge >= 0.3 is 0 Å². The lowest BCUT2D eigenvalue weighted by molar-refractivity contribution is 0.102. The summed E-state index contributed by atoms with van der Waals surface area (Å²) in [7, 11) is 0. The highest BCUT2D eigenvalue weighted by Gasteiger charge is 2.07. The van der Waals surface area contributed by atoms with Gasteiger partial charge in [-0.1, -0.05) is 24.3 Å². The first-order chi connectivity index (χ1) is 11.6. The maximum Gasteiger partial charge on any atom is 0.255 e. The molecule has 3 aromatic rings. The molecule has 3 aromatic carbocycles. The number of hydrogen-bond acceptors (Lipinski definition) is 2. The second kappa shape index (κ2) is 7.49. The van der Waals surface area contributed by atoms with E-state index in [2.05, 4.69) is 33.2 Å². The molecule has 0 heterocycles. The van der Waals surface area contributed by atoms with E-state index in [9.17, 15) is 4.79 Å². The minimum Gasteiger partial charge on any atom is -0.356 e. The maximum absolute atomic E-state index is 12.3. The largest absolute Gasteiger partial charge is 0.356 e. The minimum absolute atomic E-state index is 0.100. The van der Waals surface area contributed by atoms with Gasteiger partial charge in [0, 0.05) is 26.2 Å². The lowest BCUT2D eigenvalue weighted by Gasteiger charge is -2.09. The van der Waals surface area contributed by atoms with Crippen molar-refractivity contribution in [2.24, 2.45) is 0 Å². The van der Waals surface area contributed by atoms with Crippen molar-refractivity contribution < 1.29 is 4.79 Å². The van der Waals surface area contributed by atoms with Gasteiger partial charge in [0.2, 0.25) is 0 Å². The van der Waals surface area contributed by atoms with Gasteiger partial charge < -0.3 is 10.6 Å². The summed E-state index contributed by atoms with van der Waals surface area (Å²) in [5, 5.41) is 6.24. The SMILES string of the molecule is Cc1ccc(C(=O)Nc2ccc(Nc3ccccc3)cc2)cc1I.